The number of hydrogen-bond donors (Lipinski definition) is 0. The molecule has 0 aromatic heterocycles. The Morgan fingerprint density at radius 3 is 2.42 bits per heavy atom. The second-order valence-electron chi connectivity index (χ2n) is 6.74. The number of benzene rings is 1. The van der Waals surface area contributed by atoms with Crippen molar-refractivity contribution >= 4 is 26.7 Å². The van der Waals surface area contributed by atoms with E-state index in [4.69, 9.17) is 0 Å². The summed E-state index contributed by atoms with van der Waals surface area (Å²) in [5, 5.41) is 0. The zero-order valence-corrected chi connectivity index (χ0v) is 16.3. The van der Waals surface area contributed by atoms with Gasteiger partial charge in [0.1, 0.15) is 10.7 Å². The molecule has 0 N–H and O–H groups in total. The number of amidine groups is 1. The molecule has 0 bridgehead atoms. The fourth-order valence-electron chi connectivity index (χ4n) is 3.52. The summed E-state index contributed by atoms with van der Waals surface area (Å²) in [6.45, 7) is 8.01. The van der Waals surface area contributed by atoms with E-state index in [1.807, 2.05) is 36.1 Å². The number of nitrogens with zero attached hydrogens (tertiary/aromatic N) is 3. The first kappa shape index (κ1) is 18.6. The smallest absolute Gasteiger partial charge is 0.285 e. The topological polar surface area (TPSA) is 70.0 Å². The second-order valence-corrected chi connectivity index (χ2v) is 8.28. The third kappa shape index (κ3) is 3.53. The molecule has 7 heteroatoms. The van der Waals surface area contributed by atoms with Gasteiger partial charge in [-0.25, -0.2) is 0 Å². The van der Waals surface area contributed by atoms with E-state index in [9.17, 15) is 13.2 Å². The molecule has 1 aromatic carbocycles. The maximum atomic E-state index is 12.7. The average Bonchev–Trinajstić information content (AvgIpc) is 2.78. The molecular formula is C19H25N3O3S. The number of carbonyl (C=O) groups excluding carboxylic acids is 1. The third-order valence-electron chi connectivity index (χ3n) is 5.01. The summed E-state index contributed by atoms with van der Waals surface area (Å²) in [7, 11) is -3.70. The summed E-state index contributed by atoms with van der Waals surface area (Å²) in [4.78, 5) is 15.7. The van der Waals surface area contributed by atoms with Crippen LogP contribution >= 0.6 is 0 Å². The molecule has 1 aromatic rings. The number of amides is 1. The van der Waals surface area contributed by atoms with Crippen LogP contribution < -0.4 is 0 Å². The van der Waals surface area contributed by atoms with Gasteiger partial charge in [0.05, 0.1) is 0 Å². The summed E-state index contributed by atoms with van der Waals surface area (Å²) < 4.78 is 29.5. The van der Waals surface area contributed by atoms with Crippen molar-refractivity contribution in [3.05, 3.63) is 41.0 Å². The van der Waals surface area contributed by atoms with Crippen molar-refractivity contribution in [3.8, 4) is 0 Å². The summed E-state index contributed by atoms with van der Waals surface area (Å²) in [5.74, 6) is 0.571. The highest BCUT2D eigenvalue weighted by atomic mass is 32.2. The summed E-state index contributed by atoms with van der Waals surface area (Å²) in [5.41, 5.74) is 2.53. The van der Waals surface area contributed by atoms with Crippen LogP contribution in [-0.4, -0.2) is 56.1 Å². The molecule has 0 spiro atoms. The highest BCUT2D eigenvalue weighted by Gasteiger charge is 2.34. The van der Waals surface area contributed by atoms with Crippen LogP contribution in [0.1, 0.15) is 38.3 Å². The minimum absolute atomic E-state index is 0.0526. The minimum atomic E-state index is -3.70. The molecule has 0 aliphatic carbocycles. The maximum absolute atomic E-state index is 12.7. The first-order chi connectivity index (χ1) is 12.3. The lowest BCUT2D eigenvalue weighted by Crippen LogP contribution is -2.36. The number of rotatable bonds is 2. The van der Waals surface area contributed by atoms with Crippen LogP contribution in [0.3, 0.4) is 0 Å². The van der Waals surface area contributed by atoms with Crippen LogP contribution in [0.4, 0.5) is 0 Å². The zero-order valence-electron chi connectivity index (χ0n) is 15.5. The van der Waals surface area contributed by atoms with Gasteiger partial charge >= 0.3 is 0 Å². The van der Waals surface area contributed by atoms with Crippen molar-refractivity contribution in [3.63, 3.8) is 0 Å². The van der Waals surface area contributed by atoms with Gasteiger partial charge in [0, 0.05) is 38.7 Å². The lowest BCUT2D eigenvalue weighted by molar-refractivity contribution is -0.128. The molecule has 2 aliphatic rings. The summed E-state index contributed by atoms with van der Waals surface area (Å²) in [6, 6.07) is 7.63. The monoisotopic (exact) mass is 375 g/mol. The van der Waals surface area contributed by atoms with Crippen LogP contribution in [0.15, 0.2) is 34.2 Å². The lowest BCUT2D eigenvalue weighted by Gasteiger charge is -2.23. The molecule has 0 atom stereocenters. The normalized spacial score (nSPS) is 20.2. The Morgan fingerprint density at radius 1 is 1.12 bits per heavy atom. The fourth-order valence-corrected chi connectivity index (χ4v) is 5.00. The second kappa shape index (κ2) is 7.23. The summed E-state index contributed by atoms with van der Waals surface area (Å²) in [6.07, 6.45) is 1.71. The number of carbonyl (C=O) groups is 1. The Balaban J connectivity index is 1.91. The Labute approximate surface area is 155 Å². The van der Waals surface area contributed by atoms with Crippen molar-refractivity contribution in [1.82, 2.24) is 9.80 Å². The molecule has 0 unspecified atom stereocenters. The Hall–Kier alpha value is -2.15. The maximum Gasteiger partial charge on any atom is 0.285 e. The van der Waals surface area contributed by atoms with Crippen molar-refractivity contribution in [2.45, 2.75) is 33.6 Å². The molecule has 3 rings (SSSR count). The molecule has 6 nitrogen and oxygen atoms in total. The van der Waals surface area contributed by atoms with Gasteiger partial charge in [-0.15, -0.1) is 4.40 Å². The van der Waals surface area contributed by atoms with Gasteiger partial charge in [-0.1, -0.05) is 31.2 Å². The standard InChI is InChI=1S/C19H25N3O3S/c1-4-16-6-8-17(9-7-16)18-14(2)19(20-26(18,24)25)22-11-5-10-21(12-13-22)15(3)23/h6-9H,4-5,10-13H2,1-3H3. The predicted molar refractivity (Wildman–Crippen MR) is 103 cm³/mol. The van der Waals surface area contributed by atoms with Crippen molar-refractivity contribution < 1.29 is 13.2 Å². The predicted octanol–water partition coefficient (Wildman–Crippen LogP) is 2.28. The minimum Gasteiger partial charge on any atom is -0.354 e. The highest BCUT2D eigenvalue weighted by Crippen LogP contribution is 2.34. The summed E-state index contributed by atoms with van der Waals surface area (Å²) >= 11 is 0. The van der Waals surface area contributed by atoms with Crippen LogP contribution in [0.5, 0.6) is 0 Å². The van der Waals surface area contributed by atoms with E-state index >= 15 is 0 Å². The lowest BCUT2D eigenvalue weighted by atomic mass is 10.1. The van der Waals surface area contributed by atoms with E-state index in [2.05, 4.69) is 11.3 Å². The van der Waals surface area contributed by atoms with Crippen LogP contribution in [0.2, 0.25) is 0 Å². The van der Waals surface area contributed by atoms with Gasteiger partial charge in [0.25, 0.3) is 10.0 Å². The van der Waals surface area contributed by atoms with Gasteiger partial charge in [0.15, 0.2) is 0 Å². The molecular weight excluding hydrogens is 350 g/mol. The number of hydrogen-bond acceptors (Lipinski definition) is 4. The van der Waals surface area contributed by atoms with Crippen molar-refractivity contribution in [2.75, 3.05) is 26.2 Å². The molecule has 26 heavy (non-hydrogen) atoms. The van der Waals surface area contributed by atoms with Gasteiger partial charge in [-0.2, -0.15) is 8.42 Å². The van der Waals surface area contributed by atoms with E-state index in [1.54, 1.807) is 11.8 Å². The van der Waals surface area contributed by atoms with E-state index in [1.165, 1.54) is 5.56 Å². The van der Waals surface area contributed by atoms with Crippen LogP contribution in [-0.2, 0) is 21.2 Å². The molecule has 0 saturated carbocycles. The van der Waals surface area contributed by atoms with E-state index in [0.717, 1.165) is 12.8 Å². The quantitative estimate of drug-likeness (QED) is 0.795. The van der Waals surface area contributed by atoms with Crippen molar-refractivity contribution in [1.29, 1.82) is 0 Å². The zero-order chi connectivity index (χ0) is 18.9. The van der Waals surface area contributed by atoms with Crippen LogP contribution in [0, 0.1) is 0 Å². The Morgan fingerprint density at radius 2 is 1.81 bits per heavy atom. The molecule has 2 aliphatic heterocycles. The van der Waals surface area contributed by atoms with E-state index in [0.29, 0.717) is 48.1 Å². The molecule has 2 heterocycles. The highest BCUT2D eigenvalue weighted by molar-refractivity contribution is 8.00. The average molecular weight is 375 g/mol. The van der Waals surface area contributed by atoms with Gasteiger partial charge < -0.3 is 9.80 Å². The molecule has 140 valence electrons. The first-order valence-corrected chi connectivity index (χ1v) is 10.4. The molecule has 0 radical (unpaired) electrons. The van der Waals surface area contributed by atoms with Gasteiger partial charge in [0.2, 0.25) is 5.91 Å². The Kier molecular flexibility index (Phi) is 5.18. The van der Waals surface area contributed by atoms with Gasteiger partial charge in [-0.3, -0.25) is 4.79 Å². The molecule has 1 saturated heterocycles. The largest absolute Gasteiger partial charge is 0.354 e. The SMILES string of the molecule is CCc1ccc(C2=C(C)C(N3CCCN(C(C)=O)CC3)=NS2(=O)=O)cc1. The fraction of sp³-hybridized carbons (Fsp3) is 0.474. The van der Waals surface area contributed by atoms with E-state index in [-0.39, 0.29) is 5.91 Å². The third-order valence-corrected chi connectivity index (χ3v) is 6.48. The molecule has 1 amide bonds. The van der Waals surface area contributed by atoms with Crippen LogP contribution in [0.25, 0.3) is 4.91 Å². The van der Waals surface area contributed by atoms with E-state index < -0.39 is 10.0 Å². The molecule has 1 fully saturated rings. The first-order valence-electron chi connectivity index (χ1n) is 8.99. The number of sulfonamides is 1. The Bertz CT molecular complexity index is 870. The van der Waals surface area contributed by atoms with Crippen molar-refractivity contribution in [2.24, 2.45) is 4.40 Å². The number of aryl methyl sites for hydroxylation is 1. The van der Waals surface area contributed by atoms with Gasteiger partial charge in [-0.05, 0) is 30.9 Å².